The van der Waals surface area contributed by atoms with Crippen LogP contribution in [0.2, 0.25) is 0 Å². The Bertz CT molecular complexity index is 1020. The average molecular weight is 357 g/mol. The first-order valence-corrected chi connectivity index (χ1v) is 9.24. The highest BCUT2D eigenvalue weighted by Gasteiger charge is 2.15. The third-order valence-electron chi connectivity index (χ3n) is 3.47. The molecule has 0 atom stereocenters. The minimum Gasteiger partial charge on any atom is -0.403 e. The molecule has 1 heterocycles. The molecule has 0 radical (unpaired) electrons. The van der Waals surface area contributed by atoms with E-state index in [1.165, 1.54) is 24.3 Å². The van der Waals surface area contributed by atoms with E-state index in [1.807, 2.05) is 31.2 Å². The summed E-state index contributed by atoms with van der Waals surface area (Å²) in [5.74, 6) is -0.259. The monoisotopic (exact) mass is 357 g/mol. The van der Waals surface area contributed by atoms with Crippen molar-refractivity contribution in [3.05, 3.63) is 59.7 Å². The molecular weight excluding hydrogens is 342 g/mol. The van der Waals surface area contributed by atoms with Gasteiger partial charge in [0.1, 0.15) is 0 Å². The summed E-state index contributed by atoms with van der Waals surface area (Å²) in [5.41, 5.74) is 2.01. The van der Waals surface area contributed by atoms with E-state index < -0.39 is 15.7 Å². The third-order valence-corrected chi connectivity index (χ3v) is 4.58. The number of sulfone groups is 1. The molecule has 0 fully saturated rings. The Morgan fingerprint density at radius 2 is 1.80 bits per heavy atom. The molecule has 0 aliphatic carbocycles. The molecular formula is C17H15N3O4S. The Morgan fingerprint density at radius 1 is 1.08 bits per heavy atom. The fourth-order valence-electron chi connectivity index (χ4n) is 2.12. The summed E-state index contributed by atoms with van der Waals surface area (Å²) in [6.07, 6.45) is 1.08. The molecule has 128 valence electrons. The van der Waals surface area contributed by atoms with Gasteiger partial charge in [0, 0.05) is 17.4 Å². The van der Waals surface area contributed by atoms with Gasteiger partial charge in [-0.05, 0) is 37.3 Å². The number of carbonyl (C=O) groups is 1. The lowest BCUT2D eigenvalue weighted by atomic mass is 10.1. The van der Waals surface area contributed by atoms with Crippen molar-refractivity contribution in [2.75, 3.05) is 11.6 Å². The maximum Gasteiger partial charge on any atom is 0.322 e. The SMILES string of the molecule is Cc1ccc(-c2nnc(NC(=O)c3cccc(S(C)(=O)=O)c3)o2)cc1. The first-order chi connectivity index (χ1) is 11.8. The molecule has 3 rings (SSSR count). The Labute approximate surface area is 144 Å². The second-order valence-corrected chi connectivity index (χ2v) is 7.55. The summed E-state index contributed by atoms with van der Waals surface area (Å²) in [4.78, 5) is 12.3. The zero-order chi connectivity index (χ0) is 18.0. The molecule has 0 spiro atoms. The second-order valence-electron chi connectivity index (χ2n) is 5.53. The van der Waals surface area contributed by atoms with E-state index in [4.69, 9.17) is 4.42 Å². The molecule has 1 aromatic heterocycles. The van der Waals surface area contributed by atoms with Crippen molar-refractivity contribution in [3.8, 4) is 11.5 Å². The molecule has 7 nitrogen and oxygen atoms in total. The highest BCUT2D eigenvalue weighted by molar-refractivity contribution is 7.90. The van der Waals surface area contributed by atoms with Crippen LogP contribution in [-0.2, 0) is 9.84 Å². The maximum absolute atomic E-state index is 12.2. The van der Waals surface area contributed by atoms with Gasteiger partial charge >= 0.3 is 6.01 Å². The van der Waals surface area contributed by atoms with Crippen LogP contribution in [-0.4, -0.2) is 30.8 Å². The van der Waals surface area contributed by atoms with Crippen molar-refractivity contribution in [3.63, 3.8) is 0 Å². The molecule has 0 aliphatic rings. The first kappa shape index (κ1) is 16.8. The Hall–Kier alpha value is -3.00. The topological polar surface area (TPSA) is 102 Å². The molecule has 8 heteroatoms. The summed E-state index contributed by atoms with van der Waals surface area (Å²) < 4.78 is 28.6. The van der Waals surface area contributed by atoms with Crippen LogP contribution in [0.3, 0.4) is 0 Å². The van der Waals surface area contributed by atoms with E-state index >= 15 is 0 Å². The largest absolute Gasteiger partial charge is 0.403 e. The molecule has 25 heavy (non-hydrogen) atoms. The molecule has 0 unspecified atom stereocenters. The lowest BCUT2D eigenvalue weighted by Crippen LogP contribution is -2.13. The number of aryl methyl sites for hydroxylation is 1. The lowest BCUT2D eigenvalue weighted by Gasteiger charge is -2.03. The maximum atomic E-state index is 12.2. The minimum absolute atomic E-state index is 0.0611. The standard InChI is InChI=1S/C17H15N3O4S/c1-11-6-8-12(9-7-11)16-19-20-17(24-16)18-15(21)13-4-3-5-14(10-13)25(2,22)23/h3-10H,1-2H3,(H,18,20,21). The molecule has 0 saturated heterocycles. The Kier molecular flexibility index (Phi) is 4.37. The Balaban J connectivity index is 1.79. The fourth-order valence-corrected chi connectivity index (χ4v) is 2.79. The number of anilines is 1. The minimum atomic E-state index is -3.40. The van der Waals surface area contributed by atoms with E-state index in [9.17, 15) is 13.2 Å². The quantitative estimate of drug-likeness (QED) is 0.770. The van der Waals surface area contributed by atoms with Crippen molar-refractivity contribution in [2.45, 2.75) is 11.8 Å². The van der Waals surface area contributed by atoms with Gasteiger partial charge < -0.3 is 4.42 Å². The molecule has 0 bridgehead atoms. The van der Waals surface area contributed by atoms with Crippen molar-refractivity contribution < 1.29 is 17.6 Å². The first-order valence-electron chi connectivity index (χ1n) is 7.35. The van der Waals surface area contributed by atoms with Gasteiger partial charge in [-0.25, -0.2) is 8.42 Å². The summed E-state index contributed by atoms with van der Waals surface area (Å²) in [6, 6.07) is 13.1. The van der Waals surface area contributed by atoms with Gasteiger partial charge in [0.2, 0.25) is 5.89 Å². The summed E-state index contributed by atoms with van der Waals surface area (Å²) in [5, 5.41) is 10.1. The number of amides is 1. The number of hydrogen-bond donors (Lipinski definition) is 1. The van der Waals surface area contributed by atoms with E-state index in [0.717, 1.165) is 17.4 Å². The third kappa shape index (κ3) is 3.92. The average Bonchev–Trinajstić information content (AvgIpc) is 3.03. The fraction of sp³-hybridized carbons (Fsp3) is 0.118. The van der Waals surface area contributed by atoms with Crippen LogP contribution in [0.1, 0.15) is 15.9 Å². The van der Waals surface area contributed by atoms with Crippen molar-refractivity contribution >= 4 is 21.8 Å². The van der Waals surface area contributed by atoms with Gasteiger partial charge in [-0.15, -0.1) is 5.10 Å². The van der Waals surface area contributed by atoms with Gasteiger partial charge in [-0.3, -0.25) is 10.1 Å². The predicted octanol–water partition coefficient (Wildman–Crippen LogP) is 2.70. The van der Waals surface area contributed by atoms with Crippen LogP contribution in [0.15, 0.2) is 57.8 Å². The molecule has 2 aromatic carbocycles. The van der Waals surface area contributed by atoms with Crippen molar-refractivity contribution in [1.29, 1.82) is 0 Å². The van der Waals surface area contributed by atoms with Crippen LogP contribution in [0.4, 0.5) is 6.01 Å². The number of nitrogens with zero attached hydrogens (tertiary/aromatic N) is 2. The summed E-state index contributed by atoms with van der Waals surface area (Å²) >= 11 is 0. The van der Waals surface area contributed by atoms with Gasteiger partial charge in [0.05, 0.1) is 4.90 Å². The number of aromatic nitrogens is 2. The molecule has 0 saturated carbocycles. The number of nitrogens with one attached hydrogen (secondary N) is 1. The molecule has 1 N–H and O–H groups in total. The van der Waals surface area contributed by atoms with Gasteiger partial charge in [-0.1, -0.05) is 28.9 Å². The van der Waals surface area contributed by atoms with Crippen molar-refractivity contribution in [2.24, 2.45) is 0 Å². The van der Waals surface area contributed by atoms with Crippen molar-refractivity contribution in [1.82, 2.24) is 10.2 Å². The predicted molar refractivity (Wildman–Crippen MR) is 92.0 cm³/mol. The summed E-state index contributed by atoms with van der Waals surface area (Å²) in [6.45, 7) is 1.97. The van der Waals surface area contributed by atoms with Gasteiger partial charge in [-0.2, -0.15) is 0 Å². The number of hydrogen-bond acceptors (Lipinski definition) is 6. The zero-order valence-corrected chi connectivity index (χ0v) is 14.4. The highest BCUT2D eigenvalue weighted by Crippen LogP contribution is 2.20. The number of benzene rings is 2. The second kappa shape index (κ2) is 6.48. The Morgan fingerprint density at radius 3 is 2.48 bits per heavy atom. The van der Waals surface area contributed by atoms with Crippen LogP contribution in [0.25, 0.3) is 11.5 Å². The van der Waals surface area contributed by atoms with E-state index in [0.29, 0.717) is 0 Å². The van der Waals surface area contributed by atoms with E-state index in [2.05, 4.69) is 15.5 Å². The zero-order valence-electron chi connectivity index (χ0n) is 13.6. The number of carbonyl (C=O) groups excluding carboxylic acids is 1. The number of rotatable bonds is 4. The smallest absolute Gasteiger partial charge is 0.322 e. The highest BCUT2D eigenvalue weighted by atomic mass is 32.2. The molecule has 1 amide bonds. The lowest BCUT2D eigenvalue weighted by molar-refractivity contribution is 0.102. The van der Waals surface area contributed by atoms with Gasteiger partial charge in [0.25, 0.3) is 5.91 Å². The van der Waals surface area contributed by atoms with E-state index in [-0.39, 0.29) is 22.4 Å². The van der Waals surface area contributed by atoms with Crippen LogP contribution in [0.5, 0.6) is 0 Å². The molecule has 3 aromatic rings. The van der Waals surface area contributed by atoms with E-state index in [1.54, 1.807) is 0 Å². The van der Waals surface area contributed by atoms with Gasteiger partial charge in [0.15, 0.2) is 9.84 Å². The van der Waals surface area contributed by atoms with Crippen LogP contribution in [0, 0.1) is 6.92 Å². The summed E-state index contributed by atoms with van der Waals surface area (Å²) in [7, 11) is -3.40. The van der Waals surface area contributed by atoms with Crippen LogP contribution >= 0.6 is 0 Å². The van der Waals surface area contributed by atoms with Crippen LogP contribution < -0.4 is 5.32 Å². The normalized spacial score (nSPS) is 11.3. The molecule has 0 aliphatic heterocycles.